The Morgan fingerprint density at radius 2 is 2.06 bits per heavy atom. The molecule has 3 aliphatic rings. The van der Waals surface area contributed by atoms with Crippen LogP contribution >= 0.6 is 0 Å². The lowest BCUT2D eigenvalue weighted by Gasteiger charge is -2.61. The van der Waals surface area contributed by atoms with Gasteiger partial charge >= 0.3 is 0 Å². The number of hydrogen-bond donors (Lipinski definition) is 2. The van der Waals surface area contributed by atoms with Gasteiger partial charge in [-0.25, -0.2) is 0 Å². The molecule has 3 rings (SSSR count). The number of rotatable bonds is 3. The van der Waals surface area contributed by atoms with Crippen molar-refractivity contribution in [2.45, 2.75) is 64.1 Å². The highest BCUT2D eigenvalue weighted by Gasteiger charge is 2.58. The van der Waals surface area contributed by atoms with Crippen LogP contribution in [0.3, 0.4) is 0 Å². The minimum absolute atomic E-state index is 0.258. The van der Waals surface area contributed by atoms with Crippen molar-refractivity contribution in [2.24, 2.45) is 17.3 Å². The molecule has 1 saturated heterocycles. The molecule has 3 heteroatoms. The van der Waals surface area contributed by atoms with Crippen molar-refractivity contribution in [1.82, 2.24) is 5.32 Å². The fourth-order valence-corrected chi connectivity index (χ4v) is 4.57. The van der Waals surface area contributed by atoms with E-state index in [1.807, 2.05) is 0 Å². The van der Waals surface area contributed by atoms with E-state index in [0.29, 0.717) is 36.6 Å². The number of aliphatic hydroxyl groups excluding tert-OH is 1. The smallest absolute Gasteiger partial charge is 0.0684 e. The standard InChI is InChI=1S/C15H27NO2/c1-15(2)13(11-6-4-8-18-14(11)15)16-12-7-3-5-10(12)9-17/h10-14,16-17H,3-9H2,1-2H3. The molecule has 0 spiro atoms. The number of aliphatic hydroxyl groups is 1. The van der Waals surface area contributed by atoms with Crippen molar-refractivity contribution in [3.05, 3.63) is 0 Å². The second-order valence-corrected chi connectivity index (χ2v) is 7.04. The highest BCUT2D eigenvalue weighted by Crippen LogP contribution is 2.51. The summed E-state index contributed by atoms with van der Waals surface area (Å²) in [6.45, 7) is 5.95. The van der Waals surface area contributed by atoms with Gasteiger partial charge in [0.05, 0.1) is 6.10 Å². The Balaban J connectivity index is 1.65. The Kier molecular flexibility index (Phi) is 3.41. The first-order chi connectivity index (χ1) is 8.64. The predicted molar refractivity (Wildman–Crippen MR) is 71.4 cm³/mol. The Morgan fingerprint density at radius 1 is 1.22 bits per heavy atom. The van der Waals surface area contributed by atoms with Crippen LogP contribution in [0.25, 0.3) is 0 Å². The molecule has 18 heavy (non-hydrogen) atoms. The molecule has 0 bridgehead atoms. The summed E-state index contributed by atoms with van der Waals surface area (Å²) in [7, 11) is 0. The first-order valence-electron chi connectivity index (χ1n) is 7.63. The Morgan fingerprint density at radius 3 is 2.83 bits per heavy atom. The van der Waals surface area contributed by atoms with Gasteiger partial charge in [0.25, 0.3) is 0 Å². The molecule has 0 radical (unpaired) electrons. The fourth-order valence-electron chi connectivity index (χ4n) is 4.57. The van der Waals surface area contributed by atoms with Crippen LogP contribution in [0.5, 0.6) is 0 Å². The number of nitrogens with one attached hydrogen (secondary N) is 1. The summed E-state index contributed by atoms with van der Waals surface area (Å²) in [5.74, 6) is 1.18. The van der Waals surface area contributed by atoms with Gasteiger partial charge in [-0.1, -0.05) is 20.3 Å². The average molecular weight is 253 g/mol. The Bertz CT molecular complexity index is 305. The van der Waals surface area contributed by atoms with Crippen molar-refractivity contribution in [3.8, 4) is 0 Å². The van der Waals surface area contributed by atoms with Crippen LogP contribution in [0.2, 0.25) is 0 Å². The molecule has 104 valence electrons. The molecule has 0 aromatic carbocycles. The van der Waals surface area contributed by atoms with E-state index in [9.17, 15) is 5.11 Å². The van der Waals surface area contributed by atoms with Crippen molar-refractivity contribution >= 4 is 0 Å². The average Bonchev–Trinajstić information content (AvgIpc) is 2.83. The molecule has 5 atom stereocenters. The van der Waals surface area contributed by atoms with Crippen LogP contribution in [0.15, 0.2) is 0 Å². The first kappa shape index (κ1) is 12.9. The first-order valence-corrected chi connectivity index (χ1v) is 7.63. The van der Waals surface area contributed by atoms with Crippen LogP contribution in [0.1, 0.15) is 46.0 Å². The third kappa shape index (κ3) is 1.91. The maximum Gasteiger partial charge on any atom is 0.0684 e. The van der Waals surface area contributed by atoms with Gasteiger partial charge < -0.3 is 15.2 Å². The second kappa shape index (κ2) is 4.77. The Labute approximate surface area is 110 Å². The van der Waals surface area contributed by atoms with E-state index in [0.717, 1.165) is 6.61 Å². The zero-order chi connectivity index (χ0) is 12.8. The summed E-state index contributed by atoms with van der Waals surface area (Å²) < 4.78 is 5.95. The molecule has 2 saturated carbocycles. The van der Waals surface area contributed by atoms with Gasteiger partial charge in [0, 0.05) is 36.6 Å². The van der Waals surface area contributed by atoms with Crippen LogP contribution in [-0.2, 0) is 4.74 Å². The second-order valence-electron chi connectivity index (χ2n) is 7.04. The lowest BCUT2D eigenvalue weighted by atomic mass is 9.55. The molecule has 2 aliphatic carbocycles. The van der Waals surface area contributed by atoms with Crippen LogP contribution in [0, 0.1) is 17.3 Å². The lowest BCUT2D eigenvalue weighted by molar-refractivity contribution is -0.195. The van der Waals surface area contributed by atoms with Gasteiger partial charge in [-0.15, -0.1) is 0 Å². The summed E-state index contributed by atoms with van der Waals surface area (Å²) in [4.78, 5) is 0. The van der Waals surface area contributed by atoms with Gasteiger partial charge in [0.2, 0.25) is 0 Å². The lowest BCUT2D eigenvalue weighted by Crippen LogP contribution is -2.70. The zero-order valence-corrected chi connectivity index (χ0v) is 11.7. The van der Waals surface area contributed by atoms with Gasteiger partial charge in [0.15, 0.2) is 0 Å². The van der Waals surface area contributed by atoms with Crippen molar-refractivity contribution in [3.63, 3.8) is 0 Å². The van der Waals surface area contributed by atoms with Crippen molar-refractivity contribution in [2.75, 3.05) is 13.2 Å². The molecule has 1 heterocycles. The third-order valence-corrected chi connectivity index (χ3v) is 5.62. The fraction of sp³-hybridized carbons (Fsp3) is 1.00. The van der Waals surface area contributed by atoms with Crippen LogP contribution in [0.4, 0.5) is 0 Å². The highest BCUT2D eigenvalue weighted by molar-refractivity contribution is 5.11. The summed E-state index contributed by atoms with van der Waals surface area (Å²) in [5, 5.41) is 13.3. The summed E-state index contributed by atoms with van der Waals surface area (Å²) in [5.41, 5.74) is 0.258. The minimum Gasteiger partial charge on any atom is -0.396 e. The highest BCUT2D eigenvalue weighted by atomic mass is 16.5. The quantitative estimate of drug-likeness (QED) is 0.807. The topological polar surface area (TPSA) is 41.5 Å². The van der Waals surface area contributed by atoms with Gasteiger partial charge in [0.1, 0.15) is 0 Å². The Hall–Kier alpha value is -0.120. The number of fused-ring (bicyclic) bond motifs is 1. The van der Waals surface area contributed by atoms with Crippen molar-refractivity contribution < 1.29 is 9.84 Å². The van der Waals surface area contributed by atoms with E-state index in [-0.39, 0.29) is 5.41 Å². The van der Waals surface area contributed by atoms with E-state index in [4.69, 9.17) is 4.74 Å². The molecule has 3 nitrogen and oxygen atoms in total. The van der Waals surface area contributed by atoms with Gasteiger partial charge in [-0.2, -0.15) is 0 Å². The summed E-state index contributed by atoms with van der Waals surface area (Å²) >= 11 is 0. The molecular formula is C15H27NO2. The summed E-state index contributed by atoms with van der Waals surface area (Å²) in [6, 6.07) is 1.11. The predicted octanol–water partition coefficient (Wildman–Crippen LogP) is 1.94. The van der Waals surface area contributed by atoms with Gasteiger partial charge in [-0.3, -0.25) is 0 Å². The molecule has 1 aliphatic heterocycles. The van der Waals surface area contributed by atoms with E-state index in [1.165, 1.54) is 32.1 Å². The van der Waals surface area contributed by atoms with E-state index in [2.05, 4.69) is 19.2 Å². The van der Waals surface area contributed by atoms with Crippen molar-refractivity contribution in [1.29, 1.82) is 0 Å². The maximum absolute atomic E-state index is 9.44. The minimum atomic E-state index is 0.258. The van der Waals surface area contributed by atoms with E-state index in [1.54, 1.807) is 0 Å². The molecule has 2 N–H and O–H groups in total. The molecule has 3 fully saturated rings. The summed E-state index contributed by atoms with van der Waals surface area (Å²) in [6.07, 6.45) is 6.66. The number of hydrogen-bond acceptors (Lipinski definition) is 3. The molecular weight excluding hydrogens is 226 g/mol. The monoisotopic (exact) mass is 253 g/mol. The maximum atomic E-state index is 9.44. The molecule has 0 aromatic heterocycles. The normalized spacial score (nSPS) is 46.5. The number of ether oxygens (including phenoxy) is 1. The SMILES string of the molecule is CC1(C)C(NC2CCCC2CO)C2CCCOC21. The largest absolute Gasteiger partial charge is 0.396 e. The van der Waals surface area contributed by atoms with E-state index < -0.39 is 0 Å². The van der Waals surface area contributed by atoms with Crippen LogP contribution < -0.4 is 5.32 Å². The molecule has 5 unspecified atom stereocenters. The zero-order valence-electron chi connectivity index (χ0n) is 11.7. The molecule has 0 amide bonds. The van der Waals surface area contributed by atoms with E-state index >= 15 is 0 Å². The molecule has 0 aromatic rings. The van der Waals surface area contributed by atoms with Gasteiger partial charge in [-0.05, 0) is 31.6 Å². The van der Waals surface area contributed by atoms with Crippen LogP contribution in [-0.4, -0.2) is 36.5 Å². The third-order valence-electron chi connectivity index (χ3n) is 5.62.